The molecule has 0 saturated carbocycles. The zero-order valence-corrected chi connectivity index (χ0v) is 16.9. The largest absolute Gasteiger partial charge is 0.481 e. The Hall–Kier alpha value is -3.89. The summed E-state index contributed by atoms with van der Waals surface area (Å²) in [6.07, 6.45) is 2.41. The normalized spacial score (nSPS) is 16.3. The molecule has 1 saturated heterocycles. The molecule has 2 aliphatic heterocycles. The Balaban J connectivity index is 1.16. The van der Waals surface area contributed by atoms with Crippen molar-refractivity contribution in [3.63, 3.8) is 0 Å². The van der Waals surface area contributed by atoms with E-state index in [1.165, 1.54) is 6.33 Å². The molecule has 31 heavy (non-hydrogen) atoms. The second-order valence-electron chi connectivity index (χ2n) is 7.18. The smallest absolute Gasteiger partial charge is 0.263 e. The summed E-state index contributed by atoms with van der Waals surface area (Å²) in [5, 5.41) is 12.5. The maximum absolute atomic E-state index is 12.8. The van der Waals surface area contributed by atoms with Crippen LogP contribution in [-0.2, 0) is 4.79 Å². The van der Waals surface area contributed by atoms with Crippen LogP contribution in [0.15, 0.2) is 43.0 Å². The lowest BCUT2D eigenvalue weighted by atomic mass is 10.2. The van der Waals surface area contributed by atoms with Gasteiger partial charge in [0.05, 0.1) is 0 Å². The van der Waals surface area contributed by atoms with Gasteiger partial charge >= 0.3 is 0 Å². The van der Waals surface area contributed by atoms with Crippen LogP contribution in [0.1, 0.15) is 6.92 Å². The summed E-state index contributed by atoms with van der Waals surface area (Å²) in [7, 11) is 0. The highest BCUT2D eigenvalue weighted by atomic mass is 16.7. The van der Waals surface area contributed by atoms with Crippen molar-refractivity contribution in [1.82, 2.24) is 29.9 Å². The van der Waals surface area contributed by atoms with Gasteiger partial charge in [-0.1, -0.05) is 0 Å². The van der Waals surface area contributed by atoms with Crippen LogP contribution in [0.2, 0.25) is 0 Å². The molecule has 1 atom stereocenters. The molecule has 3 aromatic rings. The van der Waals surface area contributed by atoms with Crippen molar-refractivity contribution in [2.45, 2.75) is 13.0 Å². The van der Waals surface area contributed by atoms with Gasteiger partial charge < -0.3 is 24.0 Å². The second-order valence-corrected chi connectivity index (χ2v) is 7.18. The molecule has 0 bridgehead atoms. The number of amides is 1. The number of ether oxygens (including phenoxy) is 3. The summed E-state index contributed by atoms with van der Waals surface area (Å²) in [6.45, 7) is 4.46. The molecule has 0 N–H and O–H groups in total. The first-order chi connectivity index (χ1) is 15.2. The van der Waals surface area contributed by atoms with E-state index in [9.17, 15) is 4.79 Å². The zero-order valence-electron chi connectivity index (χ0n) is 16.9. The van der Waals surface area contributed by atoms with E-state index in [4.69, 9.17) is 14.2 Å². The number of carbonyl (C=O) groups excluding carboxylic acids is 1. The fourth-order valence-electron chi connectivity index (χ4n) is 3.55. The highest BCUT2D eigenvalue weighted by Gasteiger charge is 2.27. The molecule has 0 radical (unpaired) electrons. The van der Waals surface area contributed by atoms with E-state index in [0.717, 1.165) is 5.82 Å². The van der Waals surface area contributed by atoms with Crippen LogP contribution in [0.3, 0.4) is 0 Å². The minimum absolute atomic E-state index is 0.0510. The molecule has 1 aromatic carbocycles. The predicted molar refractivity (Wildman–Crippen MR) is 108 cm³/mol. The Kier molecular flexibility index (Phi) is 4.98. The maximum atomic E-state index is 12.8. The fourth-order valence-corrected chi connectivity index (χ4v) is 3.55. The molecular weight excluding hydrogens is 402 g/mol. The molecule has 1 amide bonds. The Morgan fingerprint density at radius 3 is 2.55 bits per heavy atom. The van der Waals surface area contributed by atoms with Crippen LogP contribution in [0.5, 0.6) is 17.2 Å². The molecule has 4 heterocycles. The van der Waals surface area contributed by atoms with E-state index >= 15 is 0 Å². The van der Waals surface area contributed by atoms with Gasteiger partial charge in [0.1, 0.15) is 18.4 Å². The van der Waals surface area contributed by atoms with Crippen LogP contribution in [0, 0.1) is 0 Å². The van der Waals surface area contributed by atoms with Gasteiger partial charge in [-0.15, -0.1) is 10.2 Å². The van der Waals surface area contributed by atoms with Crippen molar-refractivity contribution < 1.29 is 19.0 Å². The Morgan fingerprint density at radius 1 is 1.03 bits per heavy atom. The van der Waals surface area contributed by atoms with Crippen molar-refractivity contribution in [3.8, 4) is 23.1 Å². The van der Waals surface area contributed by atoms with Crippen molar-refractivity contribution >= 4 is 11.7 Å². The first-order valence-corrected chi connectivity index (χ1v) is 9.96. The van der Waals surface area contributed by atoms with E-state index in [1.807, 2.05) is 17.0 Å². The fraction of sp³-hybridized carbons (Fsp3) is 0.350. The number of hydrogen-bond acceptors (Lipinski definition) is 9. The molecule has 0 spiro atoms. The monoisotopic (exact) mass is 423 g/mol. The van der Waals surface area contributed by atoms with Gasteiger partial charge in [0.25, 0.3) is 5.91 Å². The first kappa shape index (κ1) is 19.1. The summed E-state index contributed by atoms with van der Waals surface area (Å²) < 4.78 is 18.0. The average Bonchev–Trinajstić information content (AvgIpc) is 3.51. The minimum Gasteiger partial charge on any atom is -0.481 e. The van der Waals surface area contributed by atoms with Gasteiger partial charge in [-0.2, -0.15) is 5.10 Å². The molecule has 2 aromatic heterocycles. The van der Waals surface area contributed by atoms with E-state index in [-0.39, 0.29) is 12.7 Å². The molecule has 11 heteroatoms. The van der Waals surface area contributed by atoms with Crippen LogP contribution < -0.4 is 19.1 Å². The number of piperazine rings is 1. The quantitative estimate of drug-likeness (QED) is 0.591. The highest BCUT2D eigenvalue weighted by Crippen LogP contribution is 2.35. The molecule has 2 aliphatic rings. The lowest BCUT2D eigenvalue weighted by Crippen LogP contribution is -2.52. The number of nitrogens with zero attached hydrogens (tertiary/aromatic N) is 7. The third kappa shape index (κ3) is 3.93. The Bertz CT molecular complexity index is 1050. The van der Waals surface area contributed by atoms with Gasteiger partial charge in [0.2, 0.25) is 6.79 Å². The molecule has 1 fully saturated rings. The average molecular weight is 423 g/mol. The van der Waals surface area contributed by atoms with E-state index in [0.29, 0.717) is 49.2 Å². The summed E-state index contributed by atoms with van der Waals surface area (Å²) in [6, 6.07) is 9.04. The van der Waals surface area contributed by atoms with Crippen molar-refractivity contribution in [2.24, 2.45) is 0 Å². The van der Waals surface area contributed by atoms with Crippen molar-refractivity contribution in [2.75, 3.05) is 37.9 Å². The number of hydrogen-bond donors (Lipinski definition) is 0. The van der Waals surface area contributed by atoms with Gasteiger partial charge in [-0.3, -0.25) is 4.79 Å². The summed E-state index contributed by atoms with van der Waals surface area (Å²) >= 11 is 0. The number of aromatic nitrogens is 5. The number of benzene rings is 1. The minimum atomic E-state index is -0.603. The third-order valence-corrected chi connectivity index (χ3v) is 5.21. The first-order valence-electron chi connectivity index (χ1n) is 9.96. The van der Waals surface area contributed by atoms with Crippen molar-refractivity contribution in [3.05, 3.63) is 43.0 Å². The summed E-state index contributed by atoms with van der Waals surface area (Å²) in [4.78, 5) is 20.7. The van der Waals surface area contributed by atoms with Gasteiger partial charge in [0.15, 0.2) is 29.2 Å². The van der Waals surface area contributed by atoms with Crippen molar-refractivity contribution in [1.29, 1.82) is 0 Å². The predicted octanol–water partition coefficient (Wildman–Crippen LogP) is 0.902. The summed E-state index contributed by atoms with van der Waals surface area (Å²) in [5.41, 5.74) is 0. The molecule has 160 valence electrons. The Labute approximate surface area is 178 Å². The number of rotatable bonds is 5. The lowest BCUT2D eigenvalue weighted by molar-refractivity contribution is -0.138. The molecule has 11 nitrogen and oxygen atoms in total. The van der Waals surface area contributed by atoms with Crippen LogP contribution >= 0.6 is 0 Å². The van der Waals surface area contributed by atoms with Gasteiger partial charge in [-0.05, 0) is 31.2 Å². The van der Waals surface area contributed by atoms with Gasteiger partial charge in [0, 0.05) is 32.2 Å². The number of fused-ring (bicyclic) bond motifs is 1. The number of anilines is 1. The van der Waals surface area contributed by atoms with E-state index in [1.54, 1.807) is 36.1 Å². The third-order valence-electron chi connectivity index (χ3n) is 5.21. The van der Waals surface area contributed by atoms with Crippen LogP contribution in [0.4, 0.5) is 5.82 Å². The van der Waals surface area contributed by atoms with E-state index in [2.05, 4.69) is 25.2 Å². The van der Waals surface area contributed by atoms with Gasteiger partial charge in [-0.25, -0.2) is 9.67 Å². The van der Waals surface area contributed by atoms with E-state index < -0.39 is 6.10 Å². The number of carbonyl (C=O) groups is 1. The molecule has 5 rings (SSSR count). The Morgan fingerprint density at radius 2 is 1.81 bits per heavy atom. The second kappa shape index (κ2) is 8.09. The van der Waals surface area contributed by atoms with Crippen LogP contribution in [0.25, 0.3) is 5.82 Å². The SMILES string of the molecule is C[C@H](Oc1ccc2c(c1)OCO2)C(=O)N1CCN(c2ccc(-n3cncn3)nn2)CC1. The maximum Gasteiger partial charge on any atom is 0.263 e. The standard InChI is InChI=1S/C20H21N7O4/c1-14(31-15-2-3-16-17(10-15)30-13-29-16)20(28)26-8-6-25(7-9-26)18-4-5-19(24-23-18)27-12-21-11-22-27/h2-5,10-12,14H,6-9,13H2,1H3/t14-/m0/s1. The molecular formula is C20H21N7O4. The zero-order chi connectivity index (χ0) is 21.2. The molecule has 0 unspecified atom stereocenters. The van der Waals surface area contributed by atoms with Crippen LogP contribution in [-0.4, -0.2) is 74.8 Å². The highest BCUT2D eigenvalue weighted by molar-refractivity contribution is 5.81. The molecule has 0 aliphatic carbocycles. The summed E-state index contributed by atoms with van der Waals surface area (Å²) in [5.74, 6) is 3.20. The lowest BCUT2D eigenvalue weighted by Gasteiger charge is -2.36. The topological polar surface area (TPSA) is 108 Å².